The molecule has 2 heterocycles. The van der Waals surface area contributed by atoms with Gasteiger partial charge >= 0.3 is 0 Å². The summed E-state index contributed by atoms with van der Waals surface area (Å²) in [6, 6.07) is 0. The van der Waals surface area contributed by atoms with E-state index < -0.39 is 110 Å². The number of fused-ring (bicyclic) bond motifs is 5. The third-order valence-corrected chi connectivity index (χ3v) is 12.9. The summed E-state index contributed by atoms with van der Waals surface area (Å²) in [5.74, 6) is -3.52. The van der Waals surface area contributed by atoms with Crippen LogP contribution in [-0.4, -0.2) is 150 Å². The summed E-state index contributed by atoms with van der Waals surface area (Å²) in [6.45, 7) is 2.54. The van der Waals surface area contributed by atoms with Crippen LogP contribution in [0.25, 0.3) is 0 Å². The van der Waals surface area contributed by atoms with E-state index in [0.29, 0.717) is 12.8 Å². The Kier molecular flexibility index (Phi) is 9.88. The molecule has 2 saturated heterocycles. The molecule has 3 saturated carbocycles. The molecule has 0 bridgehead atoms. The van der Waals surface area contributed by atoms with Crippen molar-refractivity contribution in [3.63, 3.8) is 0 Å². The van der Waals surface area contributed by atoms with Gasteiger partial charge in [0.2, 0.25) is 5.79 Å². The average molecular weight is 699 g/mol. The number of hydrogen-bond acceptors (Lipinski definition) is 15. The highest BCUT2D eigenvalue weighted by molar-refractivity contribution is 6.01. The molecule has 6 rings (SSSR count). The Morgan fingerprint density at radius 2 is 1.71 bits per heavy atom. The number of aliphatic hydroxyl groups excluding tert-OH is 8. The molecule has 2 aliphatic heterocycles. The van der Waals surface area contributed by atoms with Gasteiger partial charge in [-0.15, -0.1) is 0 Å². The van der Waals surface area contributed by atoms with Gasteiger partial charge in [-0.1, -0.05) is 32.4 Å². The molecule has 4 aliphatic carbocycles. The lowest BCUT2D eigenvalue weighted by Gasteiger charge is -2.60. The first-order chi connectivity index (χ1) is 23.0. The molecule has 15 nitrogen and oxygen atoms in total. The average Bonchev–Trinajstić information content (AvgIpc) is 3.50. The van der Waals surface area contributed by atoms with Crippen LogP contribution < -0.4 is 0 Å². The molecule has 0 aromatic heterocycles. The maximum Gasteiger partial charge on any atom is 0.222 e. The molecule has 276 valence electrons. The van der Waals surface area contributed by atoms with E-state index in [4.69, 9.17) is 18.9 Å². The minimum atomic E-state index is -2.32. The van der Waals surface area contributed by atoms with Crippen molar-refractivity contribution >= 4 is 11.6 Å². The first kappa shape index (κ1) is 37.1. The van der Waals surface area contributed by atoms with Gasteiger partial charge in [-0.2, -0.15) is 0 Å². The standard InChI is InChI=1S/C34H50O15/c1-15-8-17-18-5-7-33(45,32(18,3)10-20(39)24(17)31(2)6-4-16(38)9-19(15)31)23(40)13-46-34(14-37)29(44)28(22(12-36)49-34)48-30-27(43)26(42)25(41)21(11-35)47-30/h4,6,9,15,17-18,20-22,24-30,35-37,39,41-45H,5,7-8,10-14H2,1-3H3/t15-,17-,18-,20-,21+,22+,24+,25-,26-,27+,28+,29-,30-,31-,32-,33-,34?/m0/s1. The summed E-state index contributed by atoms with van der Waals surface area (Å²) < 4.78 is 22.5. The Morgan fingerprint density at radius 1 is 1.02 bits per heavy atom. The Morgan fingerprint density at radius 3 is 2.37 bits per heavy atom. The second kappa shape index (κ2) is 13.1. The molecule has 0 amide bonds. The van der Waals surface area contributed by atoms with Gasteiger partial charge in [0, 0.05) is 16.7 Å². The van der Waals surface area contributed by atoms with E-state index in [1.165, 1.54) is 0 Å². The van der Waals surface area contributed by atoms with Crippen LogP contribution in [0.1, 0.15) is 46.5 Å². The molecule has 0 radical (unpaired) electrons. The first-order valence-electron chi connectivity index (χ1n) is 17.1. The highest BCUT2D eigenvalue weighted by Crippen LogP contribution is 2.67. The summed E-state index contributed by atoms with van der Waals surface area (Å²) in [5.41, 5.74) is -2.55. The van der Waals surface area contributed by atoms with Crippen LogP contribution in [0.4, 0.5) is 0 Å². The fourth-order valence-electron chi connectivity index (χ4n) is 10.3. The number of rotatable bonds is 9. The molecule has 5 fully saturated rings. The maximum absolute atomic E-state index is 14.0. The summed E-state index contributed by atoms with van der Waals surface area (Å²) >= 11 is 0. The Balaban J connectivity index is 1.18. The molecular formula is C34H50O15. The molecule has 0 spiro atoms. The third kappa shape index (κ3) is 5.52. The highest BCUT2D eigenvalue weighted by Gasteiger charge is 2.69. The molecule has 15 heteroatoms. The van der Waals surface area contributed by atoms with Crippen molar-refractivity contribution < 1.29 is 74.5 Å². The Hall–Kier alpha value is -1.70. The maximum atomic E-state index is 14.0. The molecule has 0 aromatic carbocycles. The lowest BCUT2D eigenvalue weighted by atomic mass is 9.45. The quantitative estimate of drug-likeness (QED) is 0.120. The smallest absolute Gasteiger partial charge is 0.222 e. The molecule has 17 atom stereocenters. The van der Waals surface area contributed by atoms with Crippen molar-refractivity contribution in [3.8, 4) is 0 Å². The van der Waals surface area contributed by atoms with Crippen LogP contribution in [-0.2, 0) is 28.5 Å². The zero-order valence-corrected chi connectivity index (χ0v) is 27.9. The van der Waals surface area contributed by atoms with E-state index in [-0.39, 0.29) is 42.3 Å². The predicted octanol–water partition coefficient (Wildman–Crippen LogP) is -2.55. The monoisotopic (exact) mass is 698 g/mol. The van der Waals surface area contributed by atoms with E-state index in [2.05, 4.69) is 6.92 Å². The molecule has 49 heavy (non-hydrogen) atoms. The second-order valence-corrected chi connectivity index (χ2v) is 15.4. The highest BCUT2D eigenvalue weighted by atomic mass is 16.8. The molecule has 9 N–H and O–H groups in total. The van der Waals surface area contributed by atoms with Crippen molar-refractivity contribution in [2.24, 2.45) is 34.5 Å². The number of carbonyl (C=O) groups is 2. The van der Waals surface area contributed by atoms with Crippen LogP contribution in [0.5, 0.6) is 0 Å². The Bertz CT molecular complexity index is 1350. The van der Waals surface area contributed by atoms with Crippen LogP contribution in [0.2, 0.25) is 0 Å². The second-order valence-electron chi connectivity index (χ2n) is 15.4. The third-order valence-electron chi connectivity index (χ3n) is 12.9. The van der Waals surface area contributed by atoms with E-state index in [1.807, 2.05) is 13.0 Å². The van der Waals surface area contributed by atoms with Crippen LogP contribution in [0, 0.1) is 34.5 Å². The zero-order valence-electron chi connectivity index (χ0n) is 27.9. The molecular weight excluding hydrogens is 648 g/mol. The van der Waals surface area contributed by atoms with Gasteiger partial charge in [0.1, 0.15) is 61.5 Å². The summed E-state index contributed by atoms with van der Waals surface area (Å²) in [4.78, 5) is 26.2. The molecule has 0 aromatic rings. The van der Waals surface area contributed by atoms with Gasteiger partial charge in [0.25, 0.3) is 0 Å². The number of hydrogen-bond donors (Lipinski definition) is 9. The van der Waals surface area contributed by atoms with Gasteiger partial charge in [0.15, 0.2) is 17.9 Å². The minimum absolute atomic E-state index is 0.0467. The van der Waals surface area contributed by atoms with Crippen molar-refractivity contribution in [2.45, 2.75) is 113 Å². The van der Waals surface area contributed by atoms with E-state index in [9.17, 15) is 55.5 Å². The lowest BCUT2D eigenvalue weighted by molar-refractivity contribution is -0.319. The minimum Gasteiger partial charge on any atom is -0.394 e. The van der Waals surface area contributed by atoms with E-state index in [1.54, 1.807) is 19.1 Å². The number of carbonyl (C=O) groups excluding carboxylic acids is 2. The fourth-order valence-corrected chi connectivity index (χ4v) is 10.3. The van der Waals surface area contributed by atoms with Gasteiger partial charge in [0.05, 0.1) is 19.3 Å². The SMILES string of the molecule is C[C@H]1C[C@@H]2[C@H]([C@@H](O)C[C@@]3(C)[C@H]2CC[C@]3(O)C(=O)COC2(CO)O[C@H](CO)[C@@H](O[C@@H]3O[C@H](CO)[C@H](O)[C@H](O)[C@H]3O)[C@@H]2O)[C@@]2(C)C=CC(=O)C=C12. The zero-order chi connectivity index (χ0) is 35.8. The van der Waals surface area contributed by atoms with E-state index >= 15 is 0 Å². The van der Waals surface area contributed by atoms with Gasteiger partial charge in [-0.25, -0.2) is 0 Å². The fraction of sp³-hybridized carbons (Fsp3) is 0.824. The van der Waals surface area contributed by atoms with Crippen molar-refractivity contribution in [1.82, 2.24) is 0 Å². The molecule has 6 aliphatic rings. The van der Waals surface area contributed by atoms with Crippen molar-refractivity contribution in [2.75, 3.05) is 26.4 Å². The summed E-state index contributed by atoms with van der Waals surface area (Å²) in [5, 5.41) is 95.7. The number of Topliss-reactive ketones (excluding diaryl/α,β-unsaturated/α-hetero) is 1. The van der Waals surface area contributed by atoms with Crippen LogP contribution >= 0.6 is 0 Å². The lowest BCUT2D eigenvalue weighted by Crippen LogP contribution is -2.63. The first-order valence-corrected chi connectivity index (χ1v) is 17.1. The number of ketones is 2. The number of aliphatic hydroxyl groups is 9. The number of ether oxygens (including phenoxy) is 4. The topological polar surface area (TPSA) is 253 Å². The summed E-state index contributed by atoms with van der Waals surface area (Å²) in [6.07, 6.45) is -7.54. The van der Waals surface area contributed by atoms with Crippen LogP contribution in [0.15, 0.2) is 23.8 Å². The predicted molar refractivity (Wildman–Crippen MR) is 165 cm³/mol. The van der Waals surface area contributed by atoms with Gasteiger partial charge in [-0.05, 0) is 55.6 Å². The van der Waals surface area contributed by atoms with Gasteiger partial charge in [-0.3, -0.25) is 9.59 Å². The molecule has 1 unspecified atom stereocenters. The van der Waals surface area contributed by atoms with E-state index in [0.717, 1.165) is 5.57 Å². The Labute approximate surface area is 283 Å². The normalized spacial score (nSPS) is 52.4. The largest absolute Gasteiger partial charge is 0.394 e. The van der Waals surface area contributed by atoms with Crippen LogP contribution in [0.3, 0.4) is 0 Å². The number of allylic oxidation sites excluding steroid dienone is 4. The van der Waals surface area contributed by atoms with Crippen molar-refractivity contribution in [1.29, 1.82) is 0 Å². The summed E-state index contributed by atoms with van der Waals surface area (Å²) in [7, 11) is 0. The van der Waals surface area contributed by atoms with Crippen molar-refractivity contribution in [3.05, 3.63) is 23.8 Å². The van der Waals surface area contributed by atoms with Gasteiger partial charge < -0.3 is 64.9 Å².